The molecule has 0 bridgehead atoms. The Balaban J connectivity index is 0.000000468. The summed E-state index contributed by atoms with van der Waals surface area (Å²) in [5.41, 5.74) is -29.0. The molecule has 0 aliphatic carbocycles. The number of pyridine rings is 1. The summed E-state index contributed by atoms with van der Waals surface area (Å²) in [4.78, 5) is 23.3. The Morgan fingerprint density at radius 3 is 0.776 bits per heavy atom. The third kappa shape index (κ3) is 14.0. The standard InChI is InChI=1S/C32H12BF24.C15H13ClNO2/c34-25(35,36)13-1-14(26(37,38)39)6-21(5-13)33(22-7-15(27(40,41)42)2-16(8-22)28(43,44)45,23-9-17(29(46,47)48)3-18(10-23)30(49,50)51)24-11-19(31(52,53)54)4-20(12-24)32(55,56)57;16-10-14(18)13-6-8-17(9-7-13)11-15(19)12-4-2-1-3-5-12/h1-12H;1-9H,10-11H2/q-1;+1. The summed E-state index contributed by atoms with van der Waals surface area (Å²) in [6.45, 7) is 0.249. The predicted molar refractivity (Wildman–Crippen MR) is 223 cm³/mol. The number of hydrogen-bond donors (Lipinski definition) is 0. The maximum absolute atomic E-state index is 14.2. The van der Waals surface area contributed by atoms with Crippen molar-refractivity contribution in [1.29, 1.82) is 0 Å². The monoisotopic (exact) mass is 1140 g/mol. The van der Waals surface area contributed by atoms with E-state index in [1.54, 1.807) is 41.2 Å². The van der Waals surface area contributed by atoms with E-state index < -0.39 is 195 Å². The average Bonchev–Trinajstić information content (AvgIpc) is 3.29. The number of carbonyl (C=O) groups is 2. The van der Waals surface area contributed by atoms with E-state index in [4.69, 9.17) is 11.6 Å². The molecule has 0 radical (unpaired) electrons. The first-order chi connectivity index (χ1) is 34.5. The minimum absolute atomic E-state index is 0.0296. The van der Waals surface area contributed by atoms with E-state index in [2.05, 4.69) is 0 Å². The second-order valence-corrected chi connectivity index (χ2v) is 16.6. The van der Waals surface area contributed by atoms with E-state index in [-0.39, 0.29) is 24.0 Å². The summed E-state index contributed by atoms with van der Waals surface area (Å²) in [5, 5.41) is 0. The van der Waals surface area contributed by atoms with Crippen molar-refractivity contribution in [3.8, 4) is 0 Å². The van der Waals surface area contributed by atoms with Crippen molar-refractivity contribution in [2.24, 2.45) is 0 Å². The third-order valence-corrected chi connectivity index (χ3v) is 11.4. The zero-order valence-electron chi connectivity index (χ0n) is 36.8. The zero-order valence-corrected chi connectivity index (χ0v) is 37.6. The van der Waals surface area contributed by atoms with Crippen molar-refractivity contribution in [3.05, 3.63) is 183 Å². The molecule has 0 saturated carbocycles. The minimum atomic E-state index is -6.13. The molecule has 1 aromatic heterocycles. The third-order valence-electron chi connectivity index (χ3n) is 11.2. The molecule has 0 aliphatic rings. The first-order valence-electron chi connectivity index (χ1n) is 20.5. The molecular weight excluding hydrogens is 1110 g/mol. The van der Waals surface area contributed by atoms with Crippen LogP contribution in [0.1, 0.15) is 65.2 Å². The molecule has 0 N–H and O–H groups in total. The molecule has 0 unspecified atom stereocenters. The molecule has 0 amide bonds. The number of Topliss-reactive ketones (excluding diaryl/α,β-unsaturated/α-hetero) is 2. The van der Waals surface area contributed by atoms with Gasteiger partial charge >= 0.3 is 49.4 Å². The summed E-state index contributed by atoms with van der Waals surface area (Å²) in [7, 11) is 0. The fourth-order valence-electron chi connectivity index (χ4n) is 7.78. The highest BCUT2D eigenvalue weighted by Gasteiger charge is 2.47. The van der Waals surface area contributed by atoms with Crippen LogP contribution >= 0.6 is 11.6 Å². The Kier molecular flexibility index (Phi) is 16.6. The van der Waals surface area contributed by atoms with Crippen molar-refractivity contribution in [2.45, 2.75) is 56.0 Å². The zero-order chi connectivity index (χ0) is 57.6. The lowest BCUT2D eigenvalue weighted by molar-refractivity contribution is -0.683. The van der Waals surface area contributed by atoms with Gasteiger partial charge in [-0.2, -0.15) is 132 Å². The largest absolute Gasteiger partial charge is 0.416 e. The van der Waals surface area contributed by atoms with Gasteiger partial charge in [-0.3, -0.25) is 9.59 Å². The SMILES string of the molecule is FC(F)(F)c1cc([B-](c2cc(C(F)(F)F)cc(C(F)(F)F)c2)(c2cc(C(F)(F)F)cc(C(F)(F)F)c2)c2cc(C(F)(F)F)cc(C(F)(F)F)c2)cc(C(F)(F)F)c1.O=C(CCl)c1cc[n+](CC(=O)c2ccccc2)cc1. The van der Waals surface area contributed by atoms with Crippen LogP contribution in [-0.2, 0) is 56.0 Å². The van der Waals surface area contributed by atoms with Crippen LogP contribution in [0, 0.1) is 0 Å². The molecule has 0 atom stereocenters. The first kappa shape index (κ1) is 60.1. The summed E-state index contributed by atoms with van der Waals surface area (Å²) < 4.78 is 343. The van der Waals surface area contributed by atoms with Gasteiger partial charge in [0.25, 0.3) is 0 Å². The van der Waals surface area contributed by atoms with E-state index in [1.165, 1.54) is 0 Å². The van der Waals surface area contributed by atoms with Crippen LogP contribution in [0.15, 0.2) is 128 Å². The van der Waals surface area contributed by atoms with E-state index in [0.717, 1.165) is 0 Å². The fraction of sp³-hybridized carbons (Fsp3) is 0.213. The van der Waals surface area contributed by atoms with Gasteiger partial charge < -0.3 is 0 Å². The van der Waals surface area contributed by atoms with Gasteiger partial charge in [0, 0.05) is 23.3 Å². The maximum Gasteiger partial charge on any atom is 0.416 e. The Bertz CT molecular complexity index is 2640. The number of benzene rings is 5. The van der Waals surface area contributed by atoms with Gasteiger partial charge in [0.2, 0.25) is 12.3 Å². The second-order valence-electron chi connectivity index (χ2n) is 16.3. The summed E-state index contributed by atoms with van der Waals surface area (Å²) in [6, 6.07) is 3.64. The molecule has 0 fully saturated rings. The van der Waals surface area contributed by atoms with Crippen LogP contribution < -0.4 is 26.4 Å². The van der Waals surface area contributed by atoms with Gasteiger partial charge in [-0.25, -0.2) is 0 Å². The summed E-state index contributed by atoms with van der Waals surface area (Å²) >= 11 is 5.48. The number of ketones is 2. The van der Waals surface area contributed by atoms with Crippen LogP contribution in [0.25, 0.3) is 0 Å². The highest BCUT2D eigenvalue weighted by molar-refractivity contribution is 7.20. The van der Waals surface area contributed by atoms with Gasteiger partial charge in [0.15, 0.2) is 18.2 Å². The van der Waals surface area contributed by atoms with Crippen LogP contribution in [0.5, 0.6) is 0 Å². The van der Waals surface area contributed by atoms with Gasteiger partial charge in [0.05, 0.1) is 50.4 Å². The van der Waals surface area contributed by atoms with E-state index in [0.29, 0.717) is 11.1 Å². The predicted octanol–water partition coefficient (Wildman–Crippen LogP) is 13.5. The van der Waals surface area contributed by atoms with Gasteiger partial charge in [-0.05, 0) is 24.3 Å². The average molecular weight is 1140 g/mol. The molecule has 0 aliphatic heterocycles. The quantitative estimate of drug-likeness (QED) is 0.0476. The Hall–Kier alpha value is -6.74. The molecule has 0 saturated heterocycles. The molecule has 6 rings (SSSR count). The molecule has 29 heteroatoms. The number of aromatic nitrogens is 1. The smallest absolute Gasteiger partial charge is 0.293 e. The minimum Gasteiger partial charge on any atom is -0.293 e. The highest BCUT2D eigenvalue weighted by atomic mass is 35.5. The van der Waals surface area contributed by atoms with Crippen molar-refractivity contribution in [2.75, 3.05) is 5.88 Å². The molecular formula is C47H25BClF24NO2. The normalized spacial score (nSPS) is 13.3. The lowest BCUT2D eigenvalue weighted by Gasteiger charge is -2.46. The fourth-order valence-corrected chi connectivity index (χ4v) is 7.93. The molecule has 0 spiro atoms. The number of nitrogens with zero attached hydrogens (tertiary/aromatic N) is 1. The topological polar surface area (TPSA) is 38.0 Å². The first-order valence-corrected chi connectivity index (χ1v) is 21.0. The van der Waals surface area contributed by atoms with Gasteiger partial charge in [0.1, 0.15) is 6.15 Å². The highest BCUT2D eigenvalue weighted by Crippen LogP contribution is 2.41. The Morgan fingerprint density at radius 2 is 0.566 bits per heavy atom. The van der Waals surface area contributed by atoms with E-state index >= 15 is 0 Å². The number of carbonyl (C=O) groups excluding carboxylic acids is 2. The maximum atomic E-state index is 14.2. The molecule has 5 aromatic carbocycles. The van der Waals surface area contributed by atoms with Crippen molar-refractivity contribution >= 4 is 51.2 Å². The van der Waals surface area contributed by atoms with Crippen molar-refractivity contribution < 1.29 is 120 Å². The van der Waals surface area contributed by atoms with Crippen molar-refractivity contribution in [1.82, 2.24) is 0 Å². The molecule has 1 heterocycles. The Morgan fingerprint density at radius 1 is 0.342 bits per heavy atom. The number of halogens is 25. The van der Waals surface area contributed by atoms with Gasteiger partial charge in [-0.1, -0.05) is 78.9 Å². The number of hydrogen-bond acceptors (Lipinski definition) is 2. The van der Waals surface area contributed by atoms with Crippen LogP contribution in [-0.4, -0.2) is 23.6 Å². The van der Waals surface area contributed by atoms with Gasteiger partial charge in [-0.15, -0.1) is 11.6 Å². The Labute approximate surface area is 415 Å². The number of rotatable bonds is 9. The lowest BCUT2D eigenvalue weighted by Crippen LogP contribution is -2.75. The molecule has 408 valence electrons. The van der Waals surface area contributed by atoms with E-state index in [1.807, 2.05) is 18.2 Å². The molecule has 76 heavy (non-hydrogen) atoms. The lowest BCUT2D eigenvalue weighted by atomic mass is 9.12. The summed E-state index contributed by atoms with van der Waals surface area (Å²) in [6.07, 6.45) is -51.4. The molecule has 3 nitrogen and oxygen atoms in total. The van der Waals surface area contributed by atoms with Crippen LogP contribution in [0.4, 0.5) is 105 Å². The second kappa shape index (κ2) is 21.0. The number of alkyl halides is 25. The molecule has 6 aromatic rings. The summed E-state index contributed by atoms with van der Waals surface area (Å²) in [5.74, 6) is -0.127. The van der Waals surface area contributed by atoms with E-state index in [9.17, 15) is 115 Å². The van der Waals surface area contributed by atoms with Crippen LogP contribution in [0.3, 0.4) is 0 Å². The van der Waals surface area contributed by atoms with Crippen LogP contribution in [0.2, 0.25) is 0 Å². The van der Waals surface area contributed by atoms with Crippen molar-refractivity contribution in [3.63, 3.8) is 0 Å².